The molecule has 0 spiro atoms. The number of phenols is 2. The number of aryl methyl sites for hydroxylation is 1. The van der Waals surface area contributed by atoms with Gasteiger partial charge in [-0.2, -0.15) is 0 Å². The molecule has 2 heterocycles. The van der Waals surface area contributed by atoms with Crippen LogP contribution >= 0.6 is 0 Å². The molecule has 8 nitrogen and oxygen atoms in total. The molecular formula is C23H20N2O6. The summed E-state index contributed by atoms with van der Waals surface area (Å²) in [5, 5.41) is 22.1. The van der Waals surface area contributed by atoms with Gasteiger partial charge in [0, 0.05) is 37.0 Å². The second kappa shape index (κ2) is 6.68. The molecule has 1 aliphatic carbocycles. The second-order valence-corrected chi connectivity index (χ2v) is 7.98. The van der Waals surface area contributed by atoms with Gasteiger partial charge in [-0.3, -0.25) is 14.4 Å². The van der Waals surface area contributed by atoms with E-state index in [4.69, 9.17) is 4.42 Å². The van der Waals surface area contributed by atoms with Crippen molar-refractivity contribution in [1.82, 2.24) is 9.80 Å². The first kappa shape index (κ1) is 19.3. The van der Waals surface area contributed by atoms with Crippen LogP contribution in [0.5, 0.6) is 11.5 Å². The number of piperazine rings is 1. The monoisotopic (exact) mass is 420 g/mol. The minimum Gasteiger partial charge on any atom is -0.506 e. The Morgan fingerprint density at radius 2 is 1.45 bits per heavy atom. The number of hydrogen-bond donors (Lipinski definition) is 2. The van der Waals surface area contributed by atoms with Crippen LogP contribution in [0.15, 0.2) is 28.7 Å². The van der Waals surface area contributed by atoms with Gasteiger partial charge < -0.3 is 24.4 Å². The van der Waals surface area contributed by atoms with Crippen LogP contribution in [-0.4, -0.2) is 70.7 Å². The van der Waals surface area contributed by atoms with Crippen LogP contribution in [0.2, 0.25) is 0 Å². The standard InChI is InChI=1S/C23H20N2O6/c1-11-14(23(30)25-9-7-24(2)8-10-25)17-20(28)15-16(21(29)22(17)31-11)19(27)13-6-4-3-5-12(13)18(15)26/h3-6,26-27H,7-10H2,1-2H3. The summed E-state index contributed by atoms with van der Waals surface area (Å²) in [6, 6.07) is 6.40. The first-order valence-corrected chi connectivity index (χ1v) is 9.98. The Hall–Kier alpha value is -3.65. The van der Waals surface area contributed by atoms with Gasteiger partial charge >= 0.3 is 0 Å². The molecule has 0 unspecified atom stereocenters. The number of ketones is 2. The Morgan fingerprint density at radius 1 is 0.903 bits per heavy atom. The number of phenolic OH excluding ortho intramolecular Hbond substituents is 2. The van der Waals surface area contributed by atoms with E-state index in [1.807, 2.05) is 7.05 Å². The highest BCUT2D eigenvalue weighted by Crippen LogP contribution is 2.45. The Bertz CT molecular complexity index is 1300. The van der Waals surface area contributed by atoms with Gasteiger partial charge in [-0.15, -0.1) is 0 Å². The molecule has 31 heavy (non-hydrogen) atoms. The molecule has 2 N–H and O–H groups in total. The van der Waals surface area contributed by atoms with Crippen molar-refractivity contribution < 1.29 is 29.0 Å². The van der Waals surface area contributed by atoms with E-state index in [0.29, 0.717) is 26.2 Å². The summed E-state index contributed by atoms with van der Waals surface area (Å²) >= 11 is 0. The summed E-state index contributed by atoms with van der Waals surface area (Å²) in [7, 11) is 1.96. The predicted molar refractivity (Wildman–Crippen MR) is 111 cm³/mol. The van der Waals surface area contributed by atoms with E-state index >= 15 is 0 Å². The lowest BCUT2D eigenvalue weighted by molar-refractivity contribution is 0.0659. The van der Waals surface area contributed by atoms with E-state index in [-0.39, 0.29) is 50.5 Å². The number of carbonyl (C=O) groups excluding carboxylic acids is 3. The summed E-state index contributed by atoms with van der Waals surface area (Å²) in [5.74, 6) is -2.74. The Labute approximate surface area is 177 Å². The summed E-state index contributed by atoms with van der Waals surface area (Å²) in [6.07, 6.45) is 0. The van der Waals surface area contributed by atoms with Gasteiger partial charge in [0.1, 0.15) is 17.3 Å². The van der Waals surface area contributed by atoms with Gasteiger partial charge in [0.05, 0.1) is 22.3 Å². The highest BCUT2D eigenvalue weighted by atomic mass is 16.4. The number of rotatable bonds is 1. The van der Waals surface area contributed by atoms with Crippen LogP contribution in [0.3, 0.4) is 0 Å². The normalized spacial score (nSPS) is 16.5. The smallest absolute Gasteiger partial charge is 0.258 e. The fraction of sp³-hybridized carbons (Fsp3) is 0.261. The highest BCUT2D eigenvalue weighted by Gasteiger charge is 2.43. The number of fused-ring (bicyclic) bond motifs is 3. The fourth-order valence-electron chi connectivity index (χ4n) is 4.43. The first-order chi connectivity index (χ1) is 14.8. The maximum Gasteiger partial charge on any atom is 0.258 e. The van der Waals surface area contributed by atoms with Crippen LogP contribution in [0.25, 0.3) is 10.8 Å². The van der Waals surface area contributed by atoms with Crippen molar-refractivity contribution >= 4 is 28.2 Å². The zero-order valence-corrected chi connectivity index (χ0v) is 17.1. The molecule has 0 atom stereocenters. The topological polar surface area (TPSA) is 111 Å². The van der Waals surface area contributed by atoms with E-state index in [0.717, 1.165) is 0 Å². The zero-order valence-electron chi connectivity index (χ0n) is 17.1. The van der Waals surface area contributed by atoms with Crippen molar-refractivity contribution in [3.8, 4) is 11.5 Å². The molecule has 8 heteroatoms. The maximum absolute atomic E-state index is 13.5. The molecule has 1 aliphatic heterocycles. The lowest BCUT2D eigenvalue weighted by Gasteiger charge is -2.32. The van der Waals surface area contributed by atoms with Gasteiger partial charge in [0.25, 0.3) is 5.91 Å². The van der Waals surface area contributed by atoms with Gasteiger partial charge in [-0.1, -0.05) is 24.3 Å². The van der Waals surface area contributed by atoms with E-state index in [1.165, 1.54) is 6.92 Å². The van der Waals surface area contributed by atoms with Crippen molar-refractivity contribution in [2.24, 2.45) is 0 Å². The quantitative estimate of drug-likeness (QED) is 0.455. The van der Waals surface area contributed by atoms with Crippen molar-refractivity contribution in [1.29, 1.82) is 0 Å². The summed E-state index contributed by atoms with van der Waals surface area (Å²) < 4.78 is 5.60. The van der Waals surface area contributed by atoms with Gasteiger partial charge in [-0.25, -0.2) is 0 Å². The minimum absolute atomic E-state index is 0.0376. The van der Waals surface area contributed by atoms with Crippen molar-refractivity contribution in [2.45, 2.75) is 6.92 Å². The zero-order chi connectivity index (χ0) is 22.0. The summed E-state index contributed by atoms with van der Waals surface area (Å²) in [6.45, 7) is 3.90. The molecule has 1 fully saturated rings. The average molecular weight is 420 g/mol. The maximum atomic E-state index is 13.5. The molecular weight excluding hydrogens is 400 g/mol. The van der Waals surface area contributed by atoms with Crippen LogP contribution in [0.4, 0.5) is 0 Å². The molecule has 0 radical (unpaired) electrons. The SMILES string of the molecule is Cc1oc2c(c1C(=O)N1CCN(C)CC1)C(=O)c1c(c(O)c3ccccc3c1O)C2=O. The minimum atomic E-state index is -0.733. The molecule has 158 valence electrons. The third kappa shape index (κ3) is 2.61. The summed E-state index contributed by atoms with van der Waals surface area (Å²) in [5.41, 5.74) is -0.720. The Balaban J connectivity index is 1.70. The van der Waals surface area contributed by atoms with E-state index in [2.05, 4.69) is 4.90 Å². The van der Waals surface area contributed by atoms with E-state index in [1.54, 1.807) is 29.2 Å². The van der Waals surface area contributed by atoms with Gasteiger partial charge in [0.2, 0.25) is 11.6 Å². The van der Waals surface area contributed by atoms with Crippen LogP contribution in [0, 0.1) is 6.92 Å². The van der Waals surface area contributed by atoms with E-state index in [9.17, 15) is 24.6 Å². The first-order valence-electron chi connectivity index (χ1n) is 9.98. The third-order valence-electron chi connectivity index (χ3n) is 6.14. The Morgan fingerprint density at radius 3 is 2.03 bits per heavy atom. The number of likely N-dealkylation sites (N-methyl/N-ethyl adjacent to an activating group) is 1. The van der Waals surface area contributed by atoms with Crippen LogP contribution in [-0.2, 0) is 0 Å². The molecule has 0 bridgehead atoms. The molecule has 1 saturated heterocycles. The number of furan rings is 1. The van der Waals surface area contributed by atoms with Gasteiger partial charge in [-0.05, 0) is 14.0 Å². The lowest BCUT2D eigenvalue weighted by atomic mass is 9.83. The van der Waals surface area contributed by atoms with Gasteiger partial charge in [0.15, 0.2) is 5.76 Å². The third-order valence-corrected chi connectivity index (χ3v) is 6.14. The molecule has 1 aromatic heterocycles. The molecule has 2 aromatic carbocycles. The largest absolute Gasteiger partial charge is 0.506 e. The van der Waals surface area contributed by atoms with E-state index < -0.39 is 23.1 Å². The lowest BCUT2D eigenvalue weighted by Crippen LogP contribution is -2.47. The second-order valence-electron chi connectivity index (χ2n) is 7.98. The molecule has 5 rings (SSSR count). The number of amides is 1. The number of hydrogen-bond acceptors (Lipinski definition) is 7. The highest BCUT2D eigenvalue weighted by molar-refractivity contribution is 6.33. The van der Waals surface area contributed by atoms with Crippen molar-refractivity contribution in [2.75, 3.05) is 33.2 Å². The molecule has 0 saturated carbocycles. The number of aromatic hydroxyl groups is 2. The Kier molecular flexibility index (Phi) is 4.16. The predicted octanol–water partition coefficient (Wildman–Crippen LogP) is 2.32. The van der Waals surface area contributed by atoms with Crippen molar-refractivity contribution in [3.05, 3.63) is 58.0 Å². The molecule has 1 amide bonds. The fourth-order valence-corrected chi connectivity index (χ4v) is 4.43. The number of nitrogens with zero attached hydrogens (tertiary/aromatic N) is 2. The summed E-state index contributed by atoms with van der Waals surface area (Å²) in [4.78, 5) is 43.7. The van der Waals surface area contributed by atoms with Crippen LogP contribution in [0.1, 0.15) is 48.2 Å². The number of benzene rings is 2. The number of carbonyl (C=O) groups is 3. The molecule has 3 aromatic rings. The van der Waals surface area contributed by atoms with Crippen molar-refractivity contribution in [3.63, 3.8) is 0 Å². The van der Waals surface area contributed by atoms with Crippen LogP contribution < -0.4 is 0 Å². The average Bonchev–Trinajstić information content (AvgIpc) is 3.12. The molecule has 2 aliphatic rings.